The topological polar surface area (TPSA) is 60.0 Å². The zero-order chi connectivity index (χ0) is 18.1. The molecule has 0 bridgehead atoms. The minimum Gasteiger partial charge on any atom is -0.378 e. The van der Waals surface area contributed by atoms with Crippen molar-refractivity contribution < 1.29 is 4.52 Å². The summed E-state index contributed by atoms with van der Waals surface area (Å²) < 4.78 is 7.65. The fourth-order valence-electron chi connectivity index (χ4n) is 3.00. The zero-order valence-electron chi connectivity index (χ0n) is 15.2. The molecular weight excluding hydrogens is 326 g/mol. The third kappa shape index (κ3) is 2.94. The summed E-state index contributed by atoms with van der Waals surface area (Å²) in [5.74, 6) is 1.09. The lowest BCUT2D eigenvalue weighted by Crippen LogP contribution is -2.08. The number of aromatic nitrogens is 4. The molecule has 4 rings (SSSR count). The molecule has 0 saturated heterocycles. The molecule has 0 N–H and O–H groups in total. The van der Waals surface area contributed by atoms with Crippen molar-refractivity contribution in [3.8, 4) is 22.8 Å². The first kappa shape index (κ1) is 16.3. The van der Waals surface area contributed by atoms with Crippen LogP contribution >= 0.6 is 0 Å². The van der Waals surface area contributed by atoms with Gasteiger partial charge in [-0.15, -0.1) is 0 Å². The van der Waals surface area contributed by atoms with Crippen LogP contribution in [0.3, 0.4) is 0 Å². The van der Waals surface area contributed by atoms with Crippen LogP contribution in [0.5, 0.6) is 0 Å². The van der Waals surface area contributed by atoms with Gasteiger partial charge in [0.1, 0.15) is 0 Å². The van der Waals surface area contributed by atoms with Crippen molar-refractivity contribution in [2.45, 2.75) is 19.9 Å². The van der Waals surface area contributed by atoms with E-state index in [0.29, 0.717) is 11.7 Å². The molecule has 6 nitrogen and oxygen atoms in total. The Bertz CT molecular complexity index is 1050. The van der Waals surface area contributed by atoms with Crippen LogP contribution in [0.2, 0.25) is 0 Å². The van der Waals surface area contributed by atoms with Gasteiger partial charge in [-0.3, -0.25) is 0 Å². The van der Waals surface area contributed by atoms with Crippen molar-refractivity contribution in [1.29, 1.82) is 0 Å². The predicted molar refractivity (Wildman–Crippen MR) is 103 cm³/mol. The molecule has 132 valence electrons. The highest BCUT2D eigenvalue weighted by Gasteiger charge is 2.13. The average molecular weight is 347 g/mol. The normalized spacial score (nSPS) is 11.2. The molecule has 0 fully saturated rings. The standard InChI is InChI=1S/C20H21N5O/c1-4-10-25-13-21-17-12-14(8-9-18(17)25)19-22-20(26-23-19)15-6-5-7-16(11-15)24(2)3/h5-9,11-13H,4,10H2,1-3H3. The van der Waals surface area contributed by atoms with Gasteiger partial charge in [0, 0.05) is 37.5 Å². The first-order valence-electron chi connectivity index (χ1n) is 8.72. The quantitative estimate of drug-likeness (QED) is 0.541. The summed E-state index contributed by atoms with van der Waals surface area (Å²) in [7, 11) is 4.01. The summed E-state index contributed by atoms with van der Waals surface area (Å²) in [6.07, 6.45) is 2.96. The van der Waals surface area contributed by atoms with Gasteiger partial charge < -0.3 is 14.0 Å². The Labute approximate surface area is 152 Å². The van der Waals surface area contributed by atoms with Gasteiger partial charge >= 0.3 is 0 Å². The highest BCUT2D eigenvalue weighted by Crippen LogP contribution is 2.26. The second kappa shape index (κ2) is 6.63. The molecule has 0 spiro atoms. The summed E-state index contributed by atoms with van der Waals surface area (Å²) in [5.41, 5.74) is 4.96. The largest absolute Gasteiger partial charge is 0.378 e. The minimum atomic E-state index is 0.514. The van der Waals surface area contributed by atoms with Crippen molar-refractivity contribution in [1.82, 2.24) is 19.7 Å². The summed E-state index contributed by atoms with van der Waals surface area (Å²) in [6, 6.07) is 14.1. The molecule has 0 atom stereocenters. The SMILES string of the molecule is CCCn1cnc2cc(-c3noc(-c4cccc(N(C)C)c4)n3)ccc21. The molecule has 2 aromatic heterocycles. The number of anilines is 1. The fourth-order valence-corrected chi connectivity index (χ4v) is 3.00. The van der Waals surface area contributed by atoms with Crippen LogP contribution in [0.1, 0.15) is 13.3 Å². The lowest BCUT2D eigenvalue weighted by molar-refractivity contribution is 0.432. The highest BCUT2D eigenvalue weighted by molar-refractivity contribution is 5.80. The number of fused-ring (bicyclic) bond motifs is 1. The van der Waals surface area contributed by atoms with E-state index in [0.717, 1.165) is 40.8 Å². The van der Waals surface area contributed by atoms with Crippen LogP contribution in [0, 0.1) is 0 Å². The Morgan fingerprint density at radius 3 is 2.77 bits per heavy atom. The Balaban J connectivity index is 1.67. The molecule has 2 aromatic carbocycles. The molecule has 0 saturated carbocycles. The number of aryl methyl sites for hydroxylation is 1. The van der Waals surface area contributed by atoms with Crippen molar-refractivity contribution in [3.63, 3.8) is 0 Å². The van der Waals surface area contributed by atoms with Gasteiger partial charge in [0.15, 0.2) is 0 Å². The Morgan fingerprint density at radius 2 is 1.96 bits per heavy atom. The second-order valence-electron chi connectivity index (χ2n) is 6.51. The van der Waals surface area contributed by atoms with Crippen LogP contribution in [0.4, 0.5) is 5.69 Å². The Hall–Kier alpha value is -3.15. The first-order valence-corrected chi connectivity index (χ1v) is 8.72. The van der Waals surface area contributed by atoms with Gasteiger partial charge in [0.2, 0.25) is 5.82 Å². The maximum Gasteiger partial charge on any atom is 0.258 e. The third-order valence-corrected chi connectivity index (χ3v) is 4.38. The van der Waals surface area contributed by atoms with Crippen LogP contribution in [0.25, 0.3) is 33.9 Å². The van der Waals surface area contributed by atoms with Gasteiger partial charge in [-0.05, 0) is 42.8 Å². The Kier molecular flexibility index (Phi) is 4.16. The minimum absolute atomic E-state index is 0.514. The van der Waals surface area contributed by atoms with Gasteiger partial charge in [-0.25, -0.2) is 4.98 Å². The van der Waals surface area contributed by atoms with E-state index in [1.807, 2.05) is 61.7 Å². The van der Waals surface area contributed by atoms with Gasteiger partial charge in [-0.1, -0.05) is 18.1 Å². The number of benzene rings is 2. The molecule has 0 amide bonds. The van der Waals surface area contributed by atoms with E-state index in [9.17, 15) is 0 Å². The maximum absolute atomic E-state index is 5.49. The molecular formula is C20H21N5O. The number of hydrogen-bond acceptors (Lipinski definition) is 5. The van der Waals surface area contributed by atoms with Gasteiger partial charge in [0.25, 0.3) is 5.89 Å². The third-order valence-electron chi connectivity index (χ3n) is 4.38. The summed E-state index contributed by atoms with van der Waals surface area (Å²) in [6.45, 7) is 3.12. The molecule has 0 unspecified atom stereocenters. The lowest BCUT2D eigenvalue weighted by atomic mass is 10.1. The molecule has 4 aromatic rings. The molecule has 2 heterocycles. The second-order valence-corrected chi connectivity index (χ2v) is 6.51. The lowest BCUT2D eigenvalue weighted by Gasteiger charge is -2.12. The monoisotopic (exact) mass is 347 g/mol. The maximum atomic E-state index is 5.49. The average Bonchev–Trinajstić information content (AvgIpc) is 3.29. The predicted octanol–water partition coefficient (Wildman–Crippen LogP) is 4.23. The van der Waals surface area contributed by atoms with Crippen molar-refractivity contribution in [2.24, 2.45) is 0 Å². The zero-order valence-corrected chi connectivity index (χ0v) is 15.2. The highest BCUT2D eigenvalue weighted by atomic mass is 16.5. The van der Waals surface area contributed by atoms with Gasteiger partial charge in [-0.2, -0.15) is 4.98 Å². The van der Waals surface area contributed by atoms with Crippen molar-refractivity contribution >= 4 is 16.7 Å². The molecule has 0 radical (unpaired) electrons. The van der Waals surface area contributed by atoms with Crippen LogP contribution in [0.15, 0.2) is 53.3 Å². The summed E-state index contributed by atoms with van der Waals surface area (Å²) in [5, 5.41) is 4.15. The van der Waals surface area contributed by atoms with E-state index in [4.69, 9.17) is 4.52 Å². The fraction of sp³-hybridized carbons (Fsp3) is 0.250. The summed E-state index contributed by atoms with van der Waals surface area (Å²) >= 11 is 0. The first-order chi connectivity index (χ1) is 12.7. The van der Waals surface area contributed by atoms with Crippen LogP contribution in [-0.4, -0.2) is 33.8 Å². The number of rotatable bonds is 5. The van der Waals surface area contributed by atoms with Crippen molar-refractivity contribution in [2.75, 3.05) is 19.0 Å². The molecule has 6 heteroatoms. The van der Waals surface area contributed by atoms with E-state index in [2.05, 4.69) is 32.7 Å². The van der Waals surface area contributed by atoms with Gasteiger partial charge in [0.05, 0.1) is 17.4 Å². The van der Waals surface area contributed by atoms with Crippen LogP contribution in [-0.2, 0) is 6.54 Å². The van der Waals surface area contributed by atoms with Crippen LogP contribution < -0.4 is 4.90 Å². The molecule has 0 aliphatic rings. The van der Waals surface area contributed by atoms with E-state index < -0.39 is 0 Å². The van der Waals surface area contributed by atoms with E-state index in [-0.39, 0.29) is 0 Å². The van der Waals surface area contributed by atoms with E-state index in [1.54, 1.807) is 0 Å². The Morgan fingerprint density at radius 1 is 1.08 bits per heavy atom. The van der Waals surface area contributed by atoms with E-state index >= 15 is 0 Å². The number of imidazole rings is 1. The number of hydrogen-bond donors (Lipinski definition) is 0. The smallest absolute Gasteiger partial charge is 0.258 e. The number of nitrogens with zero attached hydrogens (tertiary/aromatic N) is 5. The van der Waals surface area contributed by atoms with Crippen molar-refractivity contribution in [3.05, 3.63) is 48.8 Å². The molecule has 26 heavy (non-hydrogen) atoms. The van der Waals surface area contributed by atoms with E-state index in [1.165, 1.54) is 0 Å². The molecule has 0 aliphatic heterocycles. The molecule has 0 aliphatic carbocycles. The summed E-state index contributed by atoms with van der Waals surface area (Å²) in [4.78, 5) is 11.1.